The van der Waals surface area contributed by atoms with Crippen molar-refractivity contribution < 1.29 is 19.4 Å². The van der Waals surface area contributed by atoms with E-state index in [9.17, 15) is 9.59 Å². The van der Waals surface area contributed by atoms with Crippen LogP contribution >= 0.6 is 11.6 Å². The largest absolute Gasteiger partial charge is 0.495 e. The molecule has 0 radical (unpaired) electrons. The molecule has 0 saturated carbocycles. The Morgan fingerprint density at radius 1 is 1.43 bits per heavy atom. The highest BCUT2D eigenvalue weighted by Crippen LogP contribution is 2.27. The number of nitrogens with one attached hydrogen (secondary N) is 2. The summed E-state index contributed by atoms with van der Waals surface area (Å²) in [5, 5.41) is 14.6. The molecule has 3 N–H and O–H groups in total. The first-order chi connectivity index (χ1) is 9.88. The molecule has 0 aliphatic heterocycles. The van der Waals surface area contributed by atoms with Crippen molar-refractivity contribution in [2.24, 2.45) is 5.92 Å². The number of carbonyl (C=O) groups excluding carboxylic acids is 1. The molecule has 0 aliphatic carbocycles. The van der Waals surface area contributed by atoms with Crippen molar-refractivity contribution in [2.75, 3.05) is 12.4 Å². The van der Waals surface area contributed by atoms with E-state index in [4.69, 9.17) is 21.4 Å². The maximum atomic E-state index is 11.9. The van der Waals surface area contributed by atoms with E-state index in [0.29, 0.717) is 22.9 Å². The number of carboxylic acid groups (broad SMARTS) is 1. The summed E-state index contributed by atoms with van der Waals surface area (Å²) in [4.78, 5) is 23.1. The molecule has 7 heteroatoms. The summed E-state index contributed by atoms with van der Waals surface area (Å²) in [6.07, 6.45) is 0.637. The topological polar surface area (TPSA) is 87.7 Å². The molecule has 1 aromatic rings. The van der Waals surface area contributed by atoms with Crippen molar-refractivity contribution in [3.05, 3.63) is 23.2 Å². The molecule has 0 spiro atoms. The highest BCUT2D eigenvalue weighted by atomic mass is 35.5. The Kier molecular flexibility index (Phi) is 6.30. The fraction of sp³-hybridized carbons (Fsp3) is 0.429. The molecule has 2 atom stereocenters. The number of halogens is 1. The van der Waals surface area contributed by atoms with Gasteiger partial charge in [-0.15, -0.1) is 0 Å². The lowest BCUT2D eigenvalue weighted by molar-refractivity contribution is -0.140. The van der Waals surface area contributed by atoms with Crippen LogP contribution in [-0.4, -0.2) is 30.3 Å². The van der Waals surface area contributed by atoms with Gasteiger partial charge in [-0.1, -0.05) is 31.9 Å². The average molecular weight is 315 g/mol. The zero-order valence-electron chi connectivity index (χ0n) is 12.1. The van der Waals surface area contributed by atoms with E-state index >= 15 is 0 Å². The molecule has 1 aromatic carbocycles. The predicted octanol–water partition coefficient (Wildman–Crippen LogP) is 2.97. The van der Waals surface area contributed by atoms with E-state index in [0.717, 1.165) is 0 Å². The van der Waals surface area contributed by atoms with Crippen LogP contribution < -0.4 is 15.4 Å². The van der Waals surface area contributed by atoms with Crippen LogP contribution in [0.5, 0.6) is 5.75 Å². The smallest absolute Gasteiger partial charge is 0.326 e. The van der Waals surface area contributed by atoms with Gasteiger partial charge < -0.3 is 20.5 Å². The minimum Gasteiger partial charge on any atom is -0.495 e. The molecule has 0 fully saturated rings. The Hall–Kier alpha value is -1.95. The number of ether oxygens (including phenoxy) is 1. The van der Waals surface area contributed by atoms with Crippen molar-refractivity contribution in [1.29, 1.82) is 0 Å². The number of aliphatic carboxylic acids is 1. The summed E-state index contributed by atoms with van der Waals surface area (Å²) in [6, 6.07) is 3.19. The number of carbonyl (C=O) groups is 2. The Balaban J connectivity index is 2.81. The number of benzene rings is 1. The van der Waals surface area contributed by atoms with Crippen LogP contribution in [0.25, 0.3) is 0 Å². The zero-order chi connectivity index (χ0) is 16.0. The van der Waals surface area contributed by atoms with Gasteiger partial charge in [0.05, 0.1) is 12.8 Å². The molecule has 0 heterocycles. The Morgan fingerprint density at radius 3 is 2.62 bits per heavy atom. The molecular weight excluding hydrogens is 296 g/mol. The molecular formula is C14H19ClN2O4. The first-order valence-electron chi connectivity index (χ1n) is 6.52. The summed E-state index contributed by atoms with van der Waals surface area (Å²) in [7, 11) is 1.46. The normalized spacial score (nSPS) is 13.1. The summed E-state index contributed by atoms with van der Waals surface area (Å²) < 4.78 is 5.10. The number of hydrogen-bond acceptors (Lipinski definition) is 3. The van der Waals surface area contributed by atoms with Gasteiger partial charge in [-0.2, -0.15) is 0 Å². The molecule has 1 rings (SSSR count). The number of carboxylic acids is 1. The second-order valence-electron chi connectivity index (χ2n) is 4.64. The van der Waals surface area contributed by atoms with Gasteiger partial charge in [-0.25, -0.2) is 9.59 Å². The summed E-state index contributed by atoms with van der Waals surface area (Å²) >= 11 is 5.86. The molecule has 2 amide bonds. The highest BCUT2D eigenvalue weighted by Gasteiger charge is 2.25. The second kappa shape index (κ2) is 7.73. The lowest BCUT2D eigenvalue weighted by Crippen LogP contribution is -2.46. The molecule has 21 heavy (non-hydrogen) atoms. The SMILES string of the molecule is CCC(C)C(NC(=O)Nc1cc(Cl)ccc1OC)C(=O)O. The minimum absolute atomic E-state index is 0.186. The van der Waals surface area contributed by atoms with Gasteiger partial charge in [0.25, 0.3) is 0 Å². The van der Waals surface area contributed by atoms with E-state index in [2.05, 4.69) is 10.6 Å². The van der Waals surface area contributed by atoms with Crippen LogP contribution in [0.1, 0.15) is 20.3 Å². The van der Waals surface area contributed by atoms with Gasteiger partial charge in [-0.05, 0) is 24.1 Å². The maximum absolute atomic E-state index is 11.9. The number of rotatable bonds is 6. The van der Waals surface area contributed by atoms with E-state index in [1.807, 2.05) is 6.92 Å². The molecule has 0 aliphatic rings. The van der Waals surface area contributed by atoms with Crippen molar-refractivity contribution in [3.8, 4) is 5.75 Å². The first kappa shape index (κ1) is 17.1. The van der Waals surface area contributed by atoms with Crippen molar-refractivity contribution in [3.63, 3.8) is 0 Å². The molecule has 0 aromatic heterocycles. The van der Waals surface area contributed by atoms with Crippen molar-refractivity contribution in [2.45, 2.75) is 26.3 Å². The lowest BCUT2D eigenvalue weighted by Gasteiger charge is -2.20. The summed E-state index contributed by atoms with van der Waals surface area (Å²) in [5.41, 5.74) is 0.371. The monoisotopic (exact) mass is 314 g/mol. The molecule has 2 unspecified atom stereocenters. The third-order valence-electron chi connectivity index (χ3n) is 3.18. The lowest BCUT2D eigenvalue weighted by atomic mass is 9.99. The second-order valence-corrected chi connectivity index (χ2v) is 5.08. The number of hydrogen-bond donors (Lipinski definition) is 3. The van der Waals surface area contributed by atoms with Gasteiger partial charge >= 0.3 is 12.0 Å². The van der Waals surface area contributed by atoms with E-state index < -0.39 is 18.0 Å². The first-order valence-corrected chi connectivity index (χ1v) is 6.90. The van der Waals surface area contributed by atoms with Crippen LogP contribution in [0.15, 0.2) is 18.2 Å². The van der Waals surface area contributed by atoms with Gasteiger partial charge in [0.15, 0.2) is 0 Å². The average Bonchev–Trinajstić information content (AvgIpc) is 2.44. The van der Waals surface area contributed by atoms with E-state index in [-0.39, 0.29) is 5.92 Å². The standard InChI is InChI=1S/C14H19ClN2O4/c1-4-8(2)12(13(18)19)17-14(20)16-10-7-9(15)5-6-11(10)21-3/h5-8,12H,4H2,1-3H3,(H,18,19)(H2,16,17,20). The molecule has 6 nitrogen and oxygen atoms in total. The number of anilines is 1. The van der Waals surface area contributed by atoms with Crippen molar-refractivity contribution in [1.82, 2.24) is 5.32 Å². The predicted molar refractivity (Wildman–Crippen MR) is 81.0 cm³/mol. The quantitative estimate of drug-likeness (QED) is 0.753. The summed E-state index contributed by atoms with van der Waals surface area (Å²) in [5.74, 6) is -0.822. The Bertz CT molecular complexity index is 522. The van der Waals surface area contributed by atoms with Crippen LogP contribution in [0, 0.1) is 5.92 Å². The van der Waals surface area contributed by atoms with Gasteiger partial charge in [-0.3, -0.25) is 0 Å². The fourth-order valence-electron chi connectivity index (χ4n) is 1.76. The van der Waals surface area contributed by atoms with Crippen LogP contribution in [0.2, 0.25) is 5.02 Å². The fourth-order valence-corrected chi connectivity index (χ4v) is 1.93. The van der Waals surface area contributed by atoms with E-state index in [1.165, 1.54) is 13.2 Å². The zero-order valence-corrected chi connectivity index (χ0v) is 12.9. The minimum atomic E-state index is -1.07. The highest BCUT2D eigenvalue weighted by molar-refractivity contribution is 6.31. The maximum Gasteiger partial charge on any atom is 0.326 e. The molecule has 116 valence electrons. The van der Waals surface area contributed by atoms with E-state index in [1.54, 1.807) is 19.1 Å². The summed E-state index contributed by atoms with van der Waals surface area (Å²) in [6.45, 7) is 3.62. The van der Waals surface area contributed by atoms with Crippen LogP contribution in [0.4, 0.5) is 10.5 Å². The van der Waals surface area contributed by atoms with Crippen molar-refractivity contribution >= 4 is 29.3 Å². The number of methoxy groups -OCH3 is 1. The third kappa shape index (κ3) is 4.82. The number of amides is 2. The third-order valence-corrected chi connectivity index (χ3v) is 3.41. The van der Waals surface area contributed by atoms with Gasteiger partial charge in [0.1, 0.15) is 11.8 Å². The number of urea groups is 1. The van der Waals surface area contributed by atoms with Crippen LogP contribution in [0.3, 0.4) is 0 Å². The molecule has 0 bridgehead atoms. The van der Waals surface area contributed by atoms with Gasteiger partial charge in [0, 0.05) is 5.02 Å². The van der Waals surface area contributed by atoms with Crippen LogP contribution in [-0.2, 0) is 4.79 Å². The Morgan fingerprint density at radius 2 is 2.10 bits per heavy atom. The van der Waals surface area contributed by atoms with Gasteiger partial charge in [0.2, 0.25) is 0 Å². The Labute approximate surface area is 128 Å². The molecule has 0 saturated heterocycles.